The molecule has 0 amide bonds. The number of benzene rings is 1. The van der Waals surface area contributed by atoms with E-state index in [9.17, 15) is 5.11 Å². The molecule has 0 radical (unpaired) electrons. The van der Waals surface area contributed by atoms with Gasteiger partial charge in [-0.2, -0.15) is 0 Å². The van der Waals surface area contributed by atoms with E-state index in [1.165, 1.54) is 18.1 Å². The first kappa shape index (κ1) is 12.9. The second-order valence-electron chi connectivity index (χ2n) is 4.11. The van der Waals surface area contributed by atoms with Crippen LogP contribution in [0.1, 0.15) is 26.3 Å². The molecule has 1 N–H and O–H groups in total. The van der Waals surface area contributed by atoms with Crippen molar-refractivity contribution in [3.05, 3.63) is 29.8 Å². The fraction of sp³-hybridized carbons (Fsp3) is 0.429. The minimum Gasteiger partial charge on any atom is -0.507 e. The van der Waals surface area contributed by atoms with Crippen LogP contribution < -0.4 is 0 Å². The minimum atomic E-state index is -1.40. The highest BCUT2D eigenvalue weighted by Gasteiger charge is 2.24. The van der Waals surface area contributed by atoms with Gasteiger partial charge in [-0.25, -0.2) is 0 Å². The standard InChI is InChI=1S/C14H20OSi/c1-4-16(5-2,6-3)12-11-13-9-7-8-10-14(13)15/h7-10,15H,4-6H2,1-3H3. The first-order valence-corrected chi connectivity index (χ1v) is 8.60. The van der Waals surface area contributed by atoms with Crippen LogP contribution in [0.3, 0.4) is 0 Å². The van der Waals surface area contributed by atoms with E-state index >= 15 is 0 Å². The van der Waals surface area contributed by atoms with Crippen molar-refractivity contribution in [2.75, 3.05) is 0 Å². The molecular formula is C14H20OSi. The van der Waals surface area contributed by atoms with Gasteiger partial charge < -0.3 is 5.11 Å². The van der Waals surface area contributed by atoms with Gasteiger partial charge in [-0.05, 0) is 30.3 Å². The van der Waals surface area contributed by atoms with Gasteiger partial charge in [0.05, 0.1) is 5.56 Å². The first-order valence-electron chi connectivity index (χ1n) is 5.98. The van der Waals surface area contributed by atoms with Crippen molar-refractivity contribution in [2.24, 2.45) is 0 Å². The molecule has 0 atom stereocenters. The Balaban J connectivity index is 3.00. The van der Waals surface area contributed by atoms with Gasteiger partial charge in [0.25, 0.3) is 0 Å². The van der Waals surface area contributed by atoms with Gasteiger partial charge in [0, 0.05) is 0 Å². The van der Waals surface area contributed by atoms with Gasteiger partial charge in [0.15, 0.2) is 0 Å². The van der Waals surface area contributed by atoms with Crippen molar-refractivity contribution in [3.8, 4) is 17.2 Å². The Morgan fingerprint density at radius 1 is 1.06 bits per heavy atom. The predicted octanol–water partition coefficient (Wildman–Crippen LogP) is 3.79. The lowest BCUT2D eigenvalue weighted by molar-refractivity contribution is 0.474. The van der Waals surface area contributed by atoms with Gasteiger partial charge in [0.1, 0.15) is 13.8 Å². The Morgan fingerprint density at radius 3 is 2.12 bits per heavy atom. The van der Waals surface area contributed by atoms with Gasteiger partial charge in [0.2, 0.25) is 0 Å². The molecule has 0 aliphatic carbocycles. The van der Waals surface area contributed by atoms with Crippen LogP contribution in [-0.2, 0) is 0 Å². The molecule has 1 nitrogen and oxygen atoms in total. The molecule has 0 fully saturated rings. The maximum atomic E-state index is 9.64. The molecule has 1 rings (SSSR count). The number of phenols is 1. The van der Waals surface area contributed by atoms with Gasteiger partial charge >= 0.3 is 0 Å². The van der Waals surface area contributed by atoms with Crippen molar-refractivity contribution in [2.45, 2.75) is 38.9 Å². The zero-order valence-corrected chi connectivity index (χ0v) is 11.4. The summed E-state index contributed by atoms with van der Waals surface area (Å²) in [5.74, 6) is 3.46. The Hall–Kier alpha value is -1.20. The van der Waals surface area contributed by atoms with Crippen LogP contribution in [0.25, 0.3) is 0 Å². The summed E-state index contributed by atoms with van der Waals surface area (Å²) in [5.41, 5.74) is 4.23. The van der Waals surface area contributed by atoms with E-state index in [4.69, 9.17) is 0 Å². The second-order valence-corrected chi connectivity index (χ2v) is 9.04. The maximum absolute atomic E-state index is 9.64. The molecule has 0 aliphatic rings. The van der Waals surface area contributed by atoms with E-state index in [1.54, 1.807) is 6.07 Å². The summed E-state index contributed by atoms with van der Waals surface area (Å²) in [6.45, 7) is 6.70. The van der Waals surface area contributed by atoms with E-state index in [2.05, 4.69) is 32.2 Å². The smallest absolute Gasteiger partial charge is 0.138 e. The van der Waals surface area contributed by atoms with Crippen molar-refractivity contribution < 1.29 is 5.11 Å². The highest BCUT2D eigenvalue weighted by Crippen LogP contribution is 2.20. The molecule has 2 heteroatoms. The van der Waals surface area contributed by atoms with Gasteiger partial charge in [-0.15, -0.1) is 5.54 Å². The molecule has 86 valence electrons. The molecule has 0 unspecified atom stereocenters. The Labute approximate surface area is 99.5 Å². The number of rotatable bonds is 3. The summed E-state index contributed by atoms with van der Waals surface area (Å²) in [6.07, 6.45) is 0. The largest absolute Gasteiger partial charge is 0.507 e. The number of phenolic OH excluding ortho intramolecular Hbond substituents is 1. The van der Waals surface area contributed by atoms with E-state index in [0.29, 0.717) is 5.75 Å². The van der Waals surface area contributed by atoms with Crippen LogP contribution in [0.15, 0.2) is 24.3 Å². The summed E-state index contributed by atoms with van der Waals surface area (Å²) in [4.78, 5) is 0. The molecule has 0 aliphatic heterocycles. The van der Waals surface area contributed by atoms with Crippen LogP contribution in [0.4, 0.5) is 0 Å². The van der Waals surface area contributed by atoms with Crippen molar-refractivity contribution in [3.63, 3.8) is 0 Å². The molecule has 16 heavy (non-hydrogen) atoms. The highest BCUT2D eigenvalue weighted by molar-refractivity contribution is 6.87. The number of para-hydroxylation sites is 1. The monoisotopic (exact) mass is 232 g/mol. The lowest BCUT2D eigenvalue weighted by atomic mass is 10.2. The van der Waals surface area contributed by atoms with E-state index in [1.807, 2.05) is 18.2 Å². The summed E-state index contributed by atoms with van der Waals surface area (Å²) in [6, 6.07) is 10.9. The molecule has 0 bridgehead atoms. The van der Waals surface area contributed by atoms with E-state index < -0.39 is 8.07 Å². The fourth-order valence-electron chi connectivity index (χ4n) is 1.79. The molecule has 0 saturated carbocycles. The zero-order valence-electron chi connectivity index (χ0n) is 10.4. The summed E-state index contributed by atoms with van der Waals surface area (Å²) >= 11 is 0. The number of hydrogen-bond acceptors (Lipinski definition) is 1. The van der Waals surface area contributed by atoms with E-state index in [-0.39, 0.29) is 0 Å². The van der Waals surface area contributed by atoms with Crippen molar-refractivity contribution >= 4 is 8.07 Å². The summed E-state index contributed by atoms with van der Waals surface area (Å²) in [7, 11) is -1.40. The average molecular weight is 232 g/mol. The fourth-order valence-corrected chi connectivity index (χ4v) is 4.22. The Bertz CT molecular complexity index is 388. The molecule has 0 heterocycles. The average Bonchev–Trinajstić information content (AvgIpc) is 2.34. The van der Waals surface area contributed by atoms with Crippen molar-refractivity contribution in [1.29, 1.82) is 0 Å². The van der Waals surface area contributed by atoms with Crippen molar-refractivity contribution in [1.82, 2.24) is 0 Å². The Morgan fingerprint density at radius 2 is 1.62 bits per heavy atom. The number of aromatic hydroxyl groups is 1. The second kappa shape index (κ2) is 5.76. The molecule has 1 aromatic carbocycles. The molecule has 1 aromatic rings. The molecular weight excluding hydrogens is 212 g/mol. The van der Waals surface area contributed by atoms with Crippen LogP contribution >= 0.6 is 0 Å². The summed E-state index contributed by atoms with van der Waals surface area (Å²) < 4.78 is 0. The topological polar surface area (TPSA) is 20.2 Å². The molecule has 0 spiro atoms. The zero-order chi connectivity index (χ0) is 12.0. The van der Waals surface area contributed by atoms with Gasteiger partial charge in [-0.3, -0.25) is 0 Å². The van der Waals surface area contributed by atoms with Crippen LogP contribution in [0.5, 0.6) is 5.75 Å². The SMILES string of the molecule is CC[Si](C#Cc1ccccc1O)(CC)CC. The van der Waals surface area contributed by atoms with Gasteiger partial charge in [-0.1, -0.05) is 38.8 Å². The molecule has 0 aromatic heterocycles. The lowest BCUT2D eigenvalue weighted by Crippen LogP contribution is -2.29. The van der Waals surface area contributed by atoms with Crippen LogP contribution in [-0.4, -0.2) is 13.2 Å². The normalized spacial score (nSPS) is 10.7. The highest BCUT2D eigenvalue weighted by atomic mass is 28.3. The number of hydrogen-bond donors (Lipinski definition) is 1. The maximum Gasteiger partial charge on any atom is 0.138 e. The third kappa shape index (κ3) is 2.90. The predicted molar refractivity (Wildman–Crippen MR) is 72.2 cm³/mol. The van der Waals surface area contributed by atoms with Crippen LogP contribution in [0, 0.1) is 11.5 Å². The third-order valence-electron chi connectivity index (χ3n) is 3.40. The summed E-state index contributed by atoms with van der Waals surface area (Å²) in [5, 5.41) is 9.64. The molecule has 0 saturated heterocycles. The van der Waals surface area contributed by atoms with Crippen LogP contribution in [0.2, 0.25) is 18.1 Å². The minimum absolute atomic E-state index is 0.293. The quantitative estimate of drug-likeness (QED) is 0.621. The third-order valence-corrected chi connectivity index (χ3v) is 8.11. The van der Waals surface area contributed by atoms with E-state index in [0.717, 1.165) is 5.56 Å². The first-order chi connectivity index (χ1) is 7.67. The lowest BCUT2D eigenvalue weighted by Gasteiger charge is -2.20. The Kier molecular flexibility index (Phi) is 4.64.